The number of phenolic OH excluding ortho intramolecular Hbond substituents is 1. The summed E-state index contributed by atoms with van der Waals surface area (Å²) in [4.78, 5) is 151. The van der Waals surface area contributed by atoms with Gasteiger partial charge in [0.1, 0.15) is 53.8 Å². The van der Waals surface area contributed by atoms with E-state index in [4.69, 9.17) is 28.7 Å². The molecule has 7 atom stereocenters. The van der Waals surface area contributed by atoms with Gasteiger partial charge in [-0.05, 0) is 55.4 Å². The third kappa shape index (κ3) is 24.4. The molecule has 34 heteroatoms. The van der Waals surface area contributed by atoms with E-state index < -0.39 is 171 Å². The standard InChI is InChI=1S/C46H66N14O18S2/c47-35(62)15-14-29(55-42(69)31(20-25-6-2-1-3-7-25)57-41(68)30(21-26-10-12-27(61)13-11-26)54-38(65)16-19-79(73,74)75)40(67)58-32(22-36(48)63)43(70)59-33(24-80(76,77)78)45(72)60-18-5-9-34(60)44(71)56-28(8-4-17-52-46(50)51)39(66)53-23-37(49)64/h1-3,6-7,10-13,28-34,61H,4-5,8-9,14-24H2,(H2,47,62)(H2,48,63)(H2,49,64)(H,53,66)(H,54,65)(H,55,69)(H,56,71)(H,57,68)(H,58,67)(H,59,70)(H4,50,51,52)(H,73,74,75)(H,76,77,78)/t28-,29+,30+,31+,32+,33+,34+/m1/s1. The molecule has 1 aliphatic rings. The highest BCUT2D eigenvalue weighted by molar-refractivity contribution is 7.86. The summed E-state index contributed by atoms with van der Waals surface area (Å²) in [5.74, 6) is -15.2. The van der Waals surface area contributed by atoms with E-state index in [0.717, 1.165) is 4.90 Å². The van der Waals surface area contributed by atoms with Crippen molar-refractivity contribution in [1.82, 2.24) is 42.1 Å². The molecule has 2 aromatic carbocycles. The molecule has 80 heavy (non-hydrogen) atoms. The number of rotatable bonds is 33. The van der Waals surface area contributed by atoms with E-state index in [1.54, 1.807) is 30.3 Å². The Kier molecular flexibility index (Phi) is 25.6. The molecular formula is C46H66N14O18S2. The predicted octanol–water partition coefficient (Wildman–Crippen LogP) is -6.96. The van der Waals surface area contributed by atoms with Crippen LogP contribution < -0.4 is 65.9 Å². The summed E-state index contributed by atoms with van der Waals surface area (Å²) in [6.45, 7) is -0.834. The fourth-order valence-electron chi connectivity index (χ4n) is 7.91. The molecule has 0 spiro atoms. The highest BCUT2D eigenvalue weighted by Gasteiger charge is 2.41. The van der Waals surface area contributed by atoms with Crippen molar-refractivity contribution in [2.45, 2.75) is 107 Å². The van der Waals surface area contributed by atoms with Gasteiger partial charge in [0.15, 0.2) is 5.96 Å². The first-order chi connectivity index (χ1) is 37.4. The second-order valence-corrected chi connectivity index (χ2v) is 21.3. The van der Waals surface area contributed by atoms with E-state index in [1.807, 2.05) is 5.32 Å². The van der Waals surface area contributed by atoms with E-state index in [0.29, 0.717) is 11.1 Å². The van der Waals surface area contributed by atoms with Crippen LogP contribution in [0.1, 0.15) is 62.5 Å². The molecule has 11 amide bonds. The van der Waals surface area contributed by atoms with Gasteiger partial charge in [-0.1, -0.05) is 42.5 Å². The largest absolute Gasteiger partial charge is 0.508 e. The number of carbonyl (C=O) groups is 11. The number of likely N-dealkylation sites (tertiary alicyclic amines) is 1. The average Bonchev–Trinajstić information content (AvgIpc) is 3.86. The smallest absolute Gasteiger partial charge is 0.267 e. The predicted molar refractivity (Wildman–Crippen MR) is 280 cm³/mol. The molecule has 0 saturated carbocycles. The monoisotopic (exact) mass is 1170 g/mol. The number of primary amides is 3. The first-order valence-corrected chi connectivity index (χ1v) is 27.6. The summed E-state index contributed by atoms with van der Waals surface area (Å²) in [6.07, 6.45) is -3.62. The molecule has 2 aromatic rings. The van der Waals surface area contributed by atoms with Crippen molar-refractivity contribution in [3.05, 3.63) is 65.7 Å². The van der Waals surface area contributed by atoms with Crippen molar-refractivity contribution in [1.29, 1.82) is 0 Å². The lowest BCUT2D eigenvalue weighted by molar-refractivity contribution is -0.142. The summed E-state index contributed by atoms with van der Waals surface area (Å²) in [7, 11) is -9.80. The minimum Gasteiger partial charge on any atom is -0.508 e. The number of aromatic hydroxyl groups is 1. The number of carbonyl (C=O) groups excluding carboxylic acids is 11. The van der Waals surface area contributed by atoms with Gasteiger partial charge >= 0.3 is 0 Å². The van der Waals surface area contributed by atoms with Crippen molar-refractivity contribution in [3.8, 4) is 5.75 Å². The topological polar surface area (TPSA) is 547 Å². The lowest BCUT2D eigenvalue weighted by atomic mass is 10.0. The fourth-order valence-corrected chi connectivity index (χ4v) is 9.00. The van der Waals surface area contributed by atoms with Crippen molar-refractivity contribution in [2.24, 2.45) is 33.7 Å². The Morgan fingerprint density at radius 1 is 0.600 bits per heavy atom. The van der Waals surface area contributed by atoms with Gasteiger partial charge in [-0.25, -0.2) is 0 Å². The van der Waals surface area contributed by atoms with E-state index >= 15 is 0 Å². The van der Waals surface area contributed by atoms with E-state index in [2.05, 4.69) is 36.9 Å². The zero-order chi connectivity index (χ0) is 59.9. The number of hydrogen-bond acceptors (Lipinski definition) is 17. The van der Waals surface area contributed by atoms with Crippen LogP contribution in [0.4, 0.5) is 0 Å². The molecule has 1 aliphatic heterocycles. The molecule has 440 valence electrons. The average molecular weight is 1170 g/mol. The molecule has 1 fully saturated rings. The van der Waals surface area contributed by atoms with E-state index in [-0.39, 0.29) is 63.3 Å². The third-order valence-electron chi connectivity index (χ3n) is 11.7. The van der Waals surface area contributed by atoms with Crippen LogP contribution >= 0.6 is 0 Å². The molecule has 0 unspecified atom stereocenters. The number of benzene rings is 2. The van der Waals surface area contributed by atoms with Gasteiger partial charge in [0.2, 0.25) is 65.0 Å². The zero-order valence-corrected chi connectivity index (χ0v) is 44.5. The maximum atomic E-state index is 14.3. The SMILES string of the molecule is NC(=O)CC[C@H](NC(=O)[C@H](Cc1ccccc1)NC(=O)[C@H](Cc1ccc(O)cc1)NC(=O)CCS(=O)(=O)O)C(=O)N[C@@H](CC(N)=O)C(=O)N[C@@H](CS(=O)(=O)O)C(=O)N1CCC[C@H]1C(=O)N[C@H](CCCN=C(N)N)C(=O)NCC(N)=O. The van der Waals surface area contributed by atoms with Crippen LogP contribution in [0.15, 0.2) is 59.6 Å². The number of aliphatic imine (C=N–C) groups is 1. The van der Waals surface area contributed by atoms with Crippen molar-refractivity contribution >= 4 is 91.2 Å². The van der Waals surface area contributed by atoms with Gasteiger partial charge < -0.3 is 75.9 Å². The highest BCUT2D eigenvalue weighted by atomic mass is 32.2. The second kappa shape index (κ2) is 31.2. The Morgan fingerprint density at radius 2 is 1.14 bits per heavy atom. The number of nitrogens with two attached hydrogens (primary N) is 5. The maximum Gasteiger partial charge on any atom is 0.267 e. The fraction of sp³-hybridized carbons (Fsp3) is 0.478. The van der Waals surface area contributed by atoms with E-state index in [1.165, 1.54) is 24.3 Å². The molecule has 20 N–H and O–H groups in total. The second-order valence-electron chi connectivity index (χ2n) is 18.3. The Bertz CT molecular complexity index is 2840. The number of nitrogens with zero attached hydrogens (tertiary/aromatic N) is 2. The lowest BCUT2D eigenvalue weighted by Gasteiger charge is -2.30. The molecule has 3 rings (SSSR count). The van der Waals surface area contributed by atoms with Gasteiger partial charge in [-0.2, -0.15) is 16.8 Å². The quantitative estimate of drug-likeness (QED) is 0.0137. The summed E-state index contributed by atoms with van der Waals surface area (Å²) < 4.78 is 66.5. The molecule has 32 nitrogen and oxygen atoms in total. The van der Waals surface area contributed by atoms with Crippen molar-refractivity contribution in [2.75, 3.05) is 31.1 Å². The number of guanidine groups is 1. The van der Waals surface area contributed by atoms with Crippen LogP contribution in [0.5, 0.6) is 5.75 Å². The molecule has 0 aliphatic carbocycles. The van der Waals surface area contributed by atoms with Crippen molar-refractivity contribution in [3.63, 3.8) is 0 Å². The summed E-state index contributed by atoms with van der Waals surface area (Å²) in [5.41, 5.74) is 27.4. The highest BCUT2D eigenvalue weighted by Crippen LogP contribution is 2.20. The Hall–Kier alpha value is -8.50. The van der Waals surface area contributed by atoms with Crippen LogP contribution in [0.2, 0.25) is 0 Å². The molecule has 1 heterocycles. The maximum absolute atomic E-state index is 14.3. The summed E-state index contributed by atoms with van der Waals surface area (Å²) in [5, 5.41) is 25.9. The first kappa shape index (κ1) is 65.8. The van der Waals surface area contributed by atoms with Crippen LogP contribution in [-0.4, -0.2) is 180 Å². The van der Waals surface area contributed by atoms with Crippen LogP contribution in [0, 0.1) is 0 Å². The molecule has 0 radical (unpaired) electrons. The van der Waals surface area contributed by atoms with E-state index in [9.17, 15) is 83.8 Å². The third-order valence-corrected chi connectivity index (χ3v) is 13.2. The summed E-state index contributed by atoms with van der Waals surface area (Å²) >= 11 is 0. The number of hydrogen-bond donors (Lipinski definition) is 15. The minimum atomic E-state index is -5.18. The minimum absolute atomic E-state index is 0.0142. The molecule has 1 saturated heterocycles. The Morgan fingerprint density at radius 3 is 1.70 bits per heavy atom. The summed E-state index contributed by atoms with van der Waals surface area (Å²) in [6, 6.07) is 1.12. The van der Waals surface area contributed by atoms with Gasteiger partial charge in [0.05, 0.1) is 18.7 Å². The van der Waals surface area contributed by atoms with Crippen molar-refractivity contribution < 1.29 is 83.8 Å². The lowest BCUT2D eigenvalue weighted by Crippen LogP contribution is -2.61. The van der Waals surface area contributed by atoms with Crippen LogP contribution in [0.3, 0.4) is 0 Å². The van der Waals surface area contributed by atoms with Gasteiger partial charge in [-0.15, -0.1) is 0 Å². The van der Waals surface area contributed by atoms with Gasteiger partial charge in [0.25, 0.3) is 20.2 Å². The molecule has 0 bridgehead atoms. The first-order valence-electron chi connectivity index (χ1n) is 24.4. The number of nitrogens with one attached hydrogen (secondary N) is 7. The Labute approximate surface area is 458 Å². The van der Waals surface area contributed by atoms with Crippen LogP contribution in [0.25, 0.3) is 0 Å². The molecular weight excluding hydrogens is 1100 g/mol. The number of phenols is 1. The normalized spacial score (nSPS) is 15.4. The number of amides is 11. The van der Waals surface area contributed by atoms with Crippen LogP contribution in [-0.2, 0) is 85.8 Å². The van der Waals surface area contributed by atoms with Gasteiger partial charge in [0, 0.05) is 38.8 Å². The Balaban J connectivity index is 1.94. The zero-order valence-electron chi connectivity index (χ0n) is 42.9. The molecule has 0 aromatic heterocycles. The van der Waals surface area contributed by atoms with Gasteiger partial charge in [-0.3, -0.25) is 66.8 Å².